The second-order valence-corrected chi connectivity index (χ2v) is 7.05. The fraction of sp³-hybridized carbons (Fsp3) is 0.750. The maximum atomic E-state index is 4.82. The molecule has 0 saturated heterocycles. The van der Waals surface area contributed by atoms with Gasteiger partial charge in [-0.2, -0.15) is 0 Å². The van der Waals surface area contributed by atoms with E-state index >= 15 is 0 Å². The van der Waals surface area contributed by atoms with Crippen molar-refractivity contribution < 1.29 is 0 Å². The molecule has 0 amide bonds. The van der Waals surface area contributed by atoms with Crippen LogP contribution in [0.5, 0.6) is 0 Å². The number of hydrogen-bond donors (Lipinski definition) is 1. The van der Waals surface area contributed by atoms with Gasteiger partial charge in [-0.05, 0) is 56.7 Å². The van der Waals surface area contributed by atoms with Crippen molar-refractivity contribution in [3.63, 3.8) is 0 Å². The highest BCUT2D eigenvalue weighted by Crippen LogP contribution is 2.27. The molecular weight excluding hydrogens is 234 g/mol. The predicted octanol–water partition coefficient (Wildman–Crippen LogP) is 2.70. The summed E-state index contributed by atoms with van der Waals surface area (Å²) >= 11 is 0. The summed E-state index contributed by atoms with van der Waals surface area (Å²) in [5.41, 5.74) is 4.16. The second kappa shape index (κ2) is 5.58. The molecule has 1 aliphatic rings. The third-order valence-corrected chi connectivity index (χ3v) is 3.81. The Balaban J connectivity index is 2.21. The van der Waals surface area contributed by atoms with Gasteiger partial charge in [-0.1, -0.05) is 20.8 Å². The topological polar surface area (TPSA) is 37.8 Å². The molecular formula is C16H27N3. The van der Waals surface area contributed by atoms with E-state index in [-0.39, 0.29) is 5.41 Å². The van der Waals surface area contributed by atoms with E-state index in [2.05, 4.69) is 33.0 Å². The maximum Gasteiger partial charge on any atom is 0.129 e. The van der Waals surface area contributed by atoms with Crippen molar-refractivity contribution in [2.75, 3.05) is 13.6 Å². The van der Waals surface area contributed by atoms with Gasteiger partial charge >= 0.3 is 0 Å². The lowest BCUT2D eigenvalue weighted by Gasteiger charge is -2.26. The molecule has 1 atom stereocenters. The molecule has 1 heterocycles. The van der Waals surface area contributed by atoms with Crippen molar-refractivity contribution in [1.82, 2.24) is 15.3 Å². The molecule has 19 heavy (non-hydrogen) atoms. The molecule has 1 N–H and O–H groups in total. The van der Waals surface area contributed by atoms with Crippen LogP contribution in [0.2, 0.25) is 0 Å². The summed E-state index contributed by atoms with van der Waals surface area (Å²) in [5.74, 6) is 1.77. The molecule has 2 rings (SSSR count). The van der Waals surface area contributed by atoms with Crippen LogP contribution in [-0.2, 0) is 19.3 Å². The lowest BCUT2D eigenvalue weighted by atomic mass is 9.85. The Hall–Kier alpha value is -0.960. The van der Waals surface area contributed by atoms with E-state index in [1.54, 1.807) is 0 Å². The minimum absolute atomic E-state index is 0.254. The van der Waals surface area contributed by atoms with Crippen LogP contribution < -0.4 is 5.32 Å². The Labute approximate surface area is 117 Å². The van der Waals surface area contributed by atoms with E-state index in [4.69, 9.17) is 9.97 Å². The van der Waals surface area contributed by atoms with Gasteiger partial charge in [0.15, 0.2) is 0 Å². The van der Waals surface area contributed by atoms with Gasteiger partial charge in [0, 0.05) is 17.8 Å². The number of aromatic nitrogens is 2. The first-order chi connectivity index (χ1) is 8.89. The van der Waals surface area contributed by atoms with Gasteiger partial charge in [0.25, 0.3) is 0 Å². The Bertz CT molecular complexity index is 446. The summed E-state index contributed by atoms with van der Waals surface area (Å²) in [6.45, 7) is 9.98. The van der Waals surface area contributed by atoms with Crippen LogP contribution in [0.25, 0.3) is 0 Å². The number of rotatable bonds is 3. The second-order valence-electron chi connectivity index (χ2n) is 7.05. The van der Waals surface area contributed by atoms with Crippen LogP contribution >= 0.6 is 0 Å². The fourth-order valence-corrected chi connectivity index (χ4v) is 2.94. The predicted molar refractivity (Wildman–Crippen MR) is 79.4 cm³/mol. The Kier molecular flexibility index (Phi) is 4.24. The van der Waals surface area contributed by atoms with Crippen molar-refractivity contribution in [2.45, 2.75) is 53.4 Å². The third-order valence-electron chi connectivity index (χ3n) is 3.81. The van der Waals surface area contributed by atoms with Crippen molar-refractivity contribution >= 4 is 0 Å². The highest BCUT2D eigenvalue weighted by molar-refractivity contribution is 5.28. The zero-order chi connectivity index (χ0) is 14.0. The van der Waals surface area contributed by atoms with Crippen molar-refractivity contribution in [3.05, 3.63) is 22.8 Å². The summed E-state index contributed by atoms with van der Waals surface area (Å²) in [6, 6.07) is 0. The zero-order valence-electron chi connectivity index (χ0n) is 13.0. The van der Waals surface area contributed by atoms with Gasteiger partial charge in [0.05, 0.1) is 0 Å². The highest BCUT2D eigenvalue weighted by atomic mass is 14.9. The zero-order valence-corrected chi connectivity index (χ0v) is 13.0. The first-order valence-corrected chi connectivity index (χ1v) is 7.39. The summed E-state index contributed by atoms with van der Waals surface area (Å²) in [5, 5.41) is 3.29. The standard InChI is InChI=1S/C16H27N3/c1-11-13-8-12(10-17-5)6-7-14(13)19-15(18-11)9-16(2,3)4/h12,17H,6-10H2,1-5H3. The third kappa shape index (κ3) is 3.75. The van der Waals surface area contributed by atoms with Crippen LogP contribution in [0.15, 0.2) is 0 Å². The van der Waals surface area contributed by atoms with E-state index < -0.39 is 0 Å². The molecule has 0 radical (unpaired) electrons. The Morgan fingerprint density at radius 2 is 2.00 bits per heavy atom. The number of hydrogen-bond acceptors (Lipinski definition) is 3. The van der Waals surface area contributed by atoms with Crippen molar-refractivity contribution in [2.24, 2.45) is 11.3 Å². The normalized spacial score (nSPS) is 19.3. The number of nitrogens with zero attached hydrogens (tertiary/aromatic N) is 2. The first-order valence-electron chi connectivity index (χ1n) is 7.39. The van der Waals surface area contributed by atoms with E-state index in [0.717, 1.165) is 37.5 Å². The van der Waals surface area contributed by atoms with E-state index in [1.165, 1.54) is 23.4 Å². The molecule has 0 aliphatic heterocycles. The molecule has 0 spiro atoms. The summed E-state index contributed by atoms with van der Waals surface area (Å²) in [6.07, 6.45) is 4.46. The molecule has 3 heteroatoms. The van der Waals surface area contributed by atoms with E-state index in [0.29, 0.717) is 0 Å². The molecule has 1 aliphatic carbocycles. The monoisotopic (exact) mass is 261 g/mol. The van der Waals surface area contributed by atoms with Gasteiger partial charge in [-0.15, -0.1) is 0 Å². The van der Waals surface area contributed by atoms with E-state index in [9.17, 15) is 0 Å². The van der Waals surface area contributed by atoms with Gasteiger partial charge in [0.1, 0.15) is 5.82 Å². The fourth-order valence-electron chi connectivity index (χ4n) is 2.94. The average molecular weight is 261 g/mol. The summed E-state index contributed by atoms with van der Waals surface area (Å²) in [7, 11) is 2.03. The maximum absolute atomic E-state index is 4.82. The minimum atomic E-state index is 0.254. The SMILES string of the molecule is CNCC1CCc2nc(CC(C)(C)C)nc(C)c2C1. The van der Waals surface area contributed by atoms with Crippen LogP contribution in [0.3, 0.4) is 0 Å². The summed E-state index contributed by atoms with van der Waals surface area (Å²) in [4.78, 5) is 9.56. The lowest BCUT2D eigenvalue weighted by molar-refractivity contribution is 0.394. The smallest absolute Gasteiger partial charge is 0.129 e. The van der Waals surface area contributed by atoms with Crippen LogP contribution in [-0.4, -0.2) is 23.6 Å². The summed E-state index contributed by atoms with van der Waals surface area (Å²) < 4.78 is 0. The van der Waals surface area contributed by atoms with Crippen LogP contribution in [0, 0.1) is 18.3 Å². The Morgan fingerprint density at radius 1 is 1.26 bits per heavy atom. The number of aryl methyl sites for hydroxylation is 2. The first kappa shape index (κ1) is 14.4. The van der Waals surface area contributed by atoms with Crippen LogP contribution in [0.4, 0.5) is 0 Å². The number of nitrogens with one attached hydrogen (secondary N) is 1. The van der Waals surface area contributed by atoms with Crippen molar-refractivity contribution in [1.29, 1.82) is 0 Å². The largest absolute Gasteiger partial charge is 0.319 e. The molecule has 1 unspecified atom stereocenters. The van der Waals surface area contributed by atoms with Crippen LogP contribution in [0.1, 0.15) is 50.0 Å². The van der Waals surface area contributed by atoms with Crippen molar-refractivity contribution in [3.8, 4) is 0 Å². The molecule has 3 nitrogen and oxygen atoms in total. The number of fused-ring (bicyclic) bond motifs is 1. The molecule has 1 aromatic rings. The highest BCUT2D eigenvalue weighted by Gasteiger charge is 2.23. The molecule has 0 fully saturated rings. The van der Waals surface area contributed by atoms with E-state index in [1.807, 2.05) is 7.05 Å². The van der Waals surface area contributed by atoms with Gasteiger partial charge < -0.3 is 5.32 Å². The molecule has 0 bridgehead atoms. The quantitative estimate of drug-likeness (QED) is 0.909. The molecule has 0 aromatic carbocycles. The van der Waals surface area contributed by atoms with Gasteiger partial charge in [0.2, 0.25) is 0 Å². The van der Waals surface area contributed by atoms with Gasteiger partial charge in [-0.3, -0.25) is 0 Å². The average Bonchev–Trinajstić information content (AvgIpc) is 2.28. The Morgan fingerprint density at radius 3 is 2.63 bits per heavy atom. The minimum Gasteiger partial charge on any atom is -0.319 e. The lowest BCUT2D eigenvalue weighted by Crippen LogP contribution is -2.27. The molecule has 1 aromatic heterocycles. The molecule has 106 valence electrons. The molecule has 0 saturated carbocycles. The van der Waals surface area contributed by atoms with Gasteiger partial charge in [-0.25, -0.2) is 9.97 Å².